The number of carbonyl (C=O) groups excluding carboxylic acids is 1. The fourth-order valence-corrected chi connectivity index (χ4v) is 3.10. The van der Waals surface area contributed by atoms with Crippen LogP contribution < -0.4 is 5.32 Å². The molecule has 1 aliphatic heterocycles. The number of rotatable bonds is 5. The summed E-state index contributed by atoms with van der Waals surface area (Å²) in [4.78, 5) is 14.8. The number of likely N-dealkylation sites (N-methyl/N-ethyl adjacent to an activating group) is 1. The average Bonchev–Trinajstić information content (AvgIpc) is 3.21. The van der Waals surface area contributed by atoms with Crippen LogP contribution >= 0.6 is 0 Å². The minimum Gasteiger partial charge on any atom is -0.350 e. The molecule has 1 aliphatic rings. The van der Waals surface area contributed by atoms with Gasteiger partial charge < -0.3 is 5.32 Å². The van der Waals surface area contributed by atoms with Gasteiger partial charge in [-0.15, -0.1) is 5.10 Å². The van der Waals surface area contributed by atoms with E-state index >= 15 is 0 Å². The summed E-state index contributed by atoms with van der Waals surface area (Å²) in [5, 5.41) is 14.5. The maximum atomic E-state index is 12.4. The Labute approximate surface area is 135 Å². The molecule has 3 rings (SSSR count). The van der Waals surface area contributed by atoms with Crippen molar-refractivity contribution < 1.29 is 4.79 Å². The third-order valence-electron chi connectivity index (χ3n) is 4.38. The second-order valence-corrected chi connectivity index (χ2v) is 5.82. The van der Waals surface area contributed by atoms with Crippen molar-refractivity contribution in [2.24, 2.45) is 0 Å². The van der Waals surface area contributed by atoms with Gasteiger partial charge in [0.15, 0.2) is 5.82 Å². The molecule has 7 heteroatoms. The highest BCUT2D eigenvalue weighted by molar-refractivity contribution is 5.94. The topological polar surface area (TPSA) is 75.9 Å². The van der Waals surface area contributed by atoms with E-state index in [0.29, 0.717) is 24.0 Å². The summed E-state index contributed by atoms with van der Waals surface area (Å²) >= 11 is 0. The maximum Gasteiger partial charge on any atom is 0.251 e. The molecule has 1 fully saturated rings. The van der Waals surface area contributed by atoms with Gasteiger partial charge in [-0.2, -0.15) is 4.68 Å². The molecule has 0 bridgehead atoms. The number of aromatic nitrogens is 4. The lowest BCUT2D eigenvalue weighted by Crippen LogP contribution is -2.40. The quantitative estimate of drug-likeness (QED) is 0.897. The molecule has 23 heavy (non-hydrogen) atoms. The van der Waals surface area contributed by atoms with E-state index in [-0.39, 0.29) is 5.91 Å². The Kier molecular flexibility index (Phi) is 4.66. The number of nitrogens with one attached hydrogen (secondary N) is 1. The predicted molar refractivity (Wildman–Crippen MR) is 86.5 cm³/mol. The minimum atomic E-state index is -0.0551. The zero-order chi connectivity index (χ0) is 16.2. The van der Waals surface area contributed by atoms with Crippen molar-refractivity contribution in [3.63, 3.8) is 0 Å². The number of tetrazole rings is 1. The molecular weight excluding hydrogens is 292 g/mol. The van der Waals surface area contributed by atoms with Crippen molar-refractivity contribution in [3.05, 3.63) is 35.7 Å². The van der Waals surface area contributed by atoms with Gasteiger partial charge in [-0.1, -0.05) is 13.0 Å². The Balaban J connectivity index is 1.67. The van der Waals surface area contributed by atoms with Crippen molar-refractivity contribution in [1.29, 1.82) is 0 Å². The standard InChI is InChI=1S/C16H22N6O/c1-3-21-9-5-8-15(21)11-17-16(23)13-6-4-7-14(10-13)22-12(2)18-19-20-22/h4,6-7,10,15H,3,5,8-9,11H2,1-2H3,(H,17,23)/t15-/m0/s1. The van der Waals surface area contributed by atoms with E-state index < -0.39 is 0 Å². The Morgan fingerprint density at radius 2 is 2.30 bits per heavy atom. The van der Waals surface area contributed by atoms with Crippen LogP contribution in [0.2, 0.25) is 0 Å². The van der Waals surface area contributed by atoms with Crippen molar-refractivity contribution in [2.45, 2.75) is 32.7 Å². The van der Waals surface area contributed by atoms with Gasteiger partial charge >= 0.3 is 0 Å². The van der Waals surface area contributed by atoms with Crippen LogP contribution in [0.1, 0.15) is 35.9 Å². The highest BCUT2D eigenvalue weighted by Crippen LogP contribution is 2.16. The van der Waals surface area contributed by atoms with Gasteiger partial charge in [-0.05, 0) is 61.5 Å². The molecule has 1 N–H and O–H groups in total. The van der Waals surface area contributed by atoms with Gasteiger partial charge in [-0.3, -0.25) is 9.69 Å². The summed E-state index contributed by atoms with van der Waals surface area (Å²) in [5.41, 5.74) is 1.41. The van der Waals surface area contributed by atoms with Crippen LogP contribution in [0.5, 0.6) is 0 Å². The van der Waals surface area contributed by atoms with E-state index in [1.165, 1.54) is 6.42 Å². The van der Waals surface area contributed by atoms with Crippen LogP contribution in [0, 0.1) is 6.92 Å². The predicted octanol–water partition coefficient (Wildman–Crippen LogP) is 1.18. The molecule has 1 amide bonds. The summed E-state index contributed by atoms with van der Waals surface area (Å²) in [6, 6.07) is 7.80. The lowest BCUT2D eigenvalue weighted by molar-refractivity contribution is 0.0941. The van der Waals surface area contributed by atoms with E-state index in [1.807, 2.05) is 31.2 Å². The number of benzene rings is 1. The Morgan fingerprint density at radius 3 is 3.04 bits per heavy atom. The van der Waals surface area contributed by atoms with E-state index in [4.69, 9.17) is 0 Å². The van der Waals surface area contributed by atoms with Crippen molar-refractivity contribution in [2.75, 3.05) is 19.6 Å². The summed E-state index contributed by atoms with van der Waals surface area (Å²) in [6.07, 6.45) is 2.36. The summed E-state index contributed by atoms with van der Waals surface area (Å²) in [5.74, 6) is 0.632. The van der Waals surface area contributed by atoms with Gasteiger partial charge in [0, 0.05) is 18.2 Å². The van der Waals surface area contributed by atoms with E-state index in [9.17, 15) is 4.79 Å². The molecule has 0 radical (unpaired) electrons. The van der Waals surface area contributed by atoms with Gasteiger partial charge in [0.1, 0.15) is 0 Å². The minimum absolute atomic E-state index is 0.0551. The van der Waals surface area contributed by atoms with Crippen molar-refractivity contribution >= 4 is 5.91 Å². The maximum absolute atomic E-state index is 12.4. The lowest BCUT2D eigenvalue weighted by Gasteiger charge is -2.22. The highest BCUT2D eigenvalue weighted by atomic mass is 16.1. The number of likely N-dealkylation sites (tertiary alicyclic amines) is 1. The van der Waals surface area contributed by atoms with Gasteiger partial charge in [0.05, 0.1) is 5.69 Å². The molecule has 1 aromatic carbocycles. The molecular formula is C16H22N6O. The Bertz CT molecular complexity index is 683. The van der Waals surface area contributed by atoms with Crippen LogP contribution in [0.15, 0.2) is 24.3 Å². The number of carbonyl (C=O) groups is 1. The number of hydrogen-bond acceptors (Lipinski definition) is 5. The van der Waals surface area contributed by atoms with Crippen LogP contribution in [0.4, 0.5) is 0 Å². The number of hydrogen-bond donors (Lipinski definition) is 1. The van der Waals surface area contributed by atoms with Crippen LogP contribution in [0.3, 0.4) is 0 Å². The third kappa shape index (κ3) is 3.39. The summed E-state index contributed by atoms with van der Waals surface area (Å²) < 4.78 is 1.62. The Hall–Kier alpha value is -2.28. The average molecular weight is 314 g/mol. The lowest BCUT2D eigenvalue weighted by atomic mass is 10.1. The van der Waals surface area contributed by atoms with Crippen LogP contribution in [0.25, 0.3) is 5.69 Å². The second kappa shape index (κ2) is 6.87. The van der Waals surface area contributed by atoms with Crippen molar-refractivity contribution in [3.8, 4) is 5.69 Å². The monoisotopic (exact) mass is 314 g/mol. The van der Waals surface area contributed by atoms with E-state index in [0.717, 1.165) is 25.2 Å². The zero-order valence-corrected chi connectivity index (χ0v) is 13.6. The van der Waals surface area contributed by atoms with Crippen LogP contribution in [-0.4, -0.2) is 56.7 Å². The fourth-order valence-electron chi connectivity index (χ4n) is 3.10. The number of nitrogens with zero attached hydrogens (tertiary/aromatic N) is 5. The normalized spacial score (nSPS) is 18.3. The van der Waals surface area contributed by atoms with Gasteiger partial charge in [0.2, 0.25) is 0 Å². The first-order chi connectivity index (χ1) is 11.2. The molecule has 0 saturated carbocycles. The summed E-state index contributed by atoms with van der Waals surface area (Å²) in [7, 11) is 0. The first-order valence-electron chi connectivity index (χ1n) is 8.06. The van der Waals surface area contributed by atoms with Gasteiger partial charge in [0.25, 0.3) is 5.91 Å². The molecule has 2 aromatic rings. The summed E-state index contributed by atoms with van der Waals surface area (Å²) in [6.45, 7) is 6.85. The van der Waals surface area contributed by atoms with Crippen molar-refractivity contribution in [1.82, 2.24) is 30.4 Å². The molecule has 2 heterocycles. The second-order valence-electron chi connectivity index (χ2n) is 5.82. The molecule has 122 valence electrons. The number of aryl methyl sites for hydroxylation is 1. The van der Waals surface area contributed by atoms with Crippen LogP contribution in [-0.2, 0) is 0 Å². The molecule has 1 aromatic heterocycles. The smallest absolute Gasteiger partial charge is 0.251 e. The molecule has 7 nitrogen and oxygen atoms in total. The van der Waals surface area contributed by atoms with E-state index in [2.05, 4.69) is 32.7 Å². The Morgan fingerprint density at radius 1 is 1.43 bits per heavy atom. The molecule has 0 unspecified atom stereocenters. The largest absolute Gasteiger partial charge is 0.350 e. The first-order valence-corrected chi connectivity index (χ1v) is 8.06. The highest BCUT2D eigenvalue weighted by Gasteiger charge is 2.23. The van der Waals surface area contributed by atoms with E-state index in [1.54, 1.807) is 4.68 Å². The number of amides is 1. The SMILES string of the molecule is CCN1CCC[C@H]1CNC(=O)c1cccc(-n2nnnc2C)c1. The molecule has 1 atom stereocenters. The molecule has 0 spiro atoms. The molecule has 1 saturated heterocycles. The van der Waals surface area contributed by atoms with Gasteiger partial charge in [-0.25, -0.2) is 0 Å². The fraction of sp³-hybridized carbons (Fsp3) is 0.500. The zero-order valence-electron chi connectivity index (χ0n) is 13.6. The third-order valence-corrected chi connectivity index (χ3v) is 4.38. The first kappa shape index (κ1) is 15.6. The molecule has 0 aliphatic carbocycles.